The topological polar surface area (TPSA) is 48.7 Å². The smallest absolute Gasteiger partial charge is 0.266 e. The predicted octanol–water partition coefficient (Wildman–Crippen LogP) is 5.31. The van der Waals surface area contributed by atoms with Gasteiger partial charge >= 0.3 is 0 Å². The van der Waals surface area contributed by atoms with Crippen molar-refractivity contribution in [3.63, 3.8) is 0 Å². The number of carbonyl (C=O) groups is 1. The molecule has 190 valence electrons. The zero-order chi connectivity index (χ0) is 24.6. The first kappa shape index (κ1) is 24.3. The van der Waals surface area contributed by atoms with Crippen LogP contribution in [0.25, 0.3) is 17.4 Å². The van der Waals surface area contributed by atoms with Gasteiger partial charge in [0.2, 0.25) is 0 Å². The maximum absolute atomic E-state index is 13.5. The van der Waals surface area contributed by atoms with Crippen LogP contribution in [0.3, 0.4) is 0 Å². The van der Waals surface area contributed by atoms with Gasteiger partial charge in [0.1, 0.15) is 21.7 Å². The molecule has 2 aliphatic carbocycles. The Morgan fingerprint density at radius 3 is 2.69 bits per heavy atom. The highest BCUT2D eigenvalue weighted by Crippen LogP contribution is 2.49. The van der Waals surface area contributed by atoms with Gasteiger partial charge in [-0.15, -0.1) is 0 Å². The van der Waals surface area contributed by atoms with Crippen molar-refractivity contribution in [1.82, 2.24) is 15.1 Å². The zero-order valence-corrected chi connectivity index (χ0v) is 22.0. The molecule has 0 spiro atoms. The minimum atomic E-state index is -0.272. The van der Waals surface area contributed by atoms with Crippen molar-refractivity contribution < 1.29 is 13.6 Å². The van der Waals surface area contributed by atoms with Gasteiger partial charge < -0.3 is 14.6 Å². The summed E-state index contributed by atoms with van der Waals surface area (Å²) in [7, 11) is 0. The molecule has 4 fully saturated rings. The molecular weight excluding hydrogens is 493 g/mol. The largest absolute Gasteiger partial charge is 0.456 e. The number of furan rings is 1. The predicted molar refractivity (Wildman–Crippen MR) is 146 cm³/mol. The van der Waals surface area contributed by atoms with Crippen LogP contribution in [0.2, 0.25) is 0 Å². The molecule has 2 aromatic rings. The summed E-state index contributed by atoms with van der Waals surface area (Å²) < 4.78 is 20.5. The minimum Gasteiger partial charge on any atom is -0.456 e. The summed E-state index contributed by atoms with van der Waals surface area (Å²) >= 11 is 7.08. The van der Waals surface area contributed by atoms with Crippen LogP contribution in [-0.4, -0.2) is 58.8 Å². The fraction of sp³-hybridized carbons (Fsp3) is 0.500. The molecule has 2 saturated carbocycles. The first-order valence-corrected chi connectivity index (χ1v) is 14.4. The van der Waals surface area contributed by atoms with Crippen LogP contribution in [0.15, 0.2) is 39.7 Å². The normalized spacial score (nSPS) is 27.6. The SMILES string of the molecule is O=C1/C(=C/c2oc(-c3ccc(F)cc3)cc2CCCN2CCNCC2)SC(=S)N1C1CC2CCC1C2. The number of rotatable bonds is 7. The lowest BCUT2D eigenvalue weighted by atomic mass is 9.94. The van der Waals surface area contributed by atoms with E-state index < -0.39 is 0 Å². The van der Waals surface area contributed by atoms with Crippen LogP contribution < -0.4 is 5.32 Å². The molecule has 4 aliphatic rings. The van der Waals surface area contributed by atoms with E-state index in [1.807, 2.05) is 17.0 Å². The second-order valence-corrected chi connectivity index (χ2v) is 12.2. The molecule has 8 heteroatoms. The number of thiocarbonyl (C=S) groups is 1. The van der Waals surface area contributed by atoms with Crippen LogP contribution >= 0.6 is 24.0 Å². The van der Waals surface area contributed by atoms with Gasteiger partial charge in [-0.05, 0) is 86.4 Å². The number of nitrogens with one attached hydrogen (secondary N) is 1. The van der Waals surface area contributed by atoms with Crippen LogP contribution in [0.1, 0.15) is 43.4 Å². The van der Waals surface area contributed by atoms with Crippen molar-refractivity contribution in [3.05, 3.63) is 52.4 Å². The standard InChI is InChI=1S/C28H32FN3O2S2/c29-22-7-5-19(6-8-22)24-16-21(2-1-11-31-12-9-30-10-13-31)25(34-24)17-26-27(33)32(28(35)36-26)23-15-18-3-4-20(23)14-18/h5-8,16-18,20,23,30H,1-4,9-15H2/b26-17-. The number of aryl methyl sites for hydroxylation is 1. The number of carbonyl (C=O) groups excluding carboxylic acids is 1. The lowest BCUT2D eigenvalue weighted by Crippen LogP contribution is -2.43. The van der Waals surface area contributed by atoms with Crippen LogP contribution in [0, 0.1) is 17.7 Å². The summed E-state index contributed by atoms with van der Waals surface area (Å²) in [5.74, 6) is 2.50. The molecule has 1 aromatic carbocycles. The Bertz CT molecular complexity index is 1170. The molecule has 3 unspecified atom stereocenters. The minimum absolute atomic E-state index is 0.0223. The van der Waals surface area contributed by atoms with Gasteiger partial charge in [0.15, 0.2) is 0 Å². The first-order valence-electron chi connectivity index (χ1n) is 13.1. The number of benzene rings is 1. The van der Waals surface area contributed by atoms with Gasteiger partial charge in [-0.1, -0.05) is 30.4 Å². The van der Waals surface area contributed by atoms with E-state index in [-0.39, 0.29) is 17.8 Å². The number of amides is 1. The summed E-state index contributed by atoms with van der Waals surface area (Å²) in [5, 5.41) is 3.40. The number of fused-ring (bicyclic) bond motifs is 2. The molecule has 2 aliphatic heterocycles. The van der Waals surface area contributed by atoms with Crippen molar-refractivity contribution in [2.45, 2.75) is 44.6 Å². The number of nitrogens with zero attached hydrogens (tertiary/aromatic N) is 2. The molecule has 0 radical (unpaired) electrons. The molecule has 5 nitrogen and oxygen atoms in total. The molecule has 2 bridgehead atoms. The fourth-order valence-corrected chi connectivity index (χ4v) is 7.70. The van der Waals surface area contributed by atoms with Gasteiger partial charge in [0.25, 0.3) is 5.91 Å². The lowest BCUT2D eigenvalue weighted by molar-refractivity contribution is -0.124. The first-order chi connectivity index (χ1) is 17.5. The van der Waals surface area contributed by atoms with Crippen LogP contribution in [-0.2, 0) is 11.2 Å². The average molecular weight is 526 g/mol. The molecule has 3 atom stereocenters. The second-order valence-electron chi connectivity index (χ2n) is 10.5. The van der Waals surface area contributed by atoms with E-state index in [1.54, 1.807) is 12.1 Å². The summed E-state index contributed by atoms with van der Waals surface area (Å²) in [6, 6.07) is 8.66. The van der Waals surface area contributed by atoms with E-state index in [9.17, 15) is 9.18 Å². The summed E-state index contributed by atoms with van der Waals surface area (Å²) in [6.45, 7) is 5.26. The van der Waals surface area contributed by atoms with Gasteiger partial charge in [-0.3, -0.25) is 9.69 Å². The van der Waals surface area contributed by atoms with Gasteiger partial charge in [-0.25, -0.2) is 4.39 Å². The Kier molecular flexibility index (Phi) is 7.03. The number of halogens is 1. The van der Waals surface area contributed by atoms with E-state index in [4.69, 9.17) is 16.6 Å². The van der Waals surface area contributed by atoms with Crippen LogP contribution in [0.5, 0.6) is 0 Å². The molecule has 3 heterocycles. The van der Waals surface area contributed by atoms with Crippen molar-refractivity contribution in [1.29, 1.82) is 0 Å². The zero-order valence-electron chi connectivity index (χ0n) is 20.4. The molecule has 1 aromatic heterocycles. The third-order valence-electron chi connectivity index (χ3n) is 8.22. The Hall–Kier alpha value is -2.00. The van der Waals surface area contributed by atoms with Crippen molar-refractivity contribution in [2.24, 2.45) is 11.8 Å². The number of thioether (sulfide) groups is 1. The summed E-state index contributed by atoms with van der Waals surface area (Å²) in [6.07, 6.45) is 8.57. The second kappa shape index (κ2) is 10.4. The number of hydrogen-bond acceptors (Lipinski definition) is 6. The summed E-state index contributed by atoms with van der Waals surface area (Å²) in [4.78, 5) is 18.5. The molecule has 1 N–H and O–H groups in total. The fourth-order valence-electron chi connectivity index (χ4n) is 6.36. The highest BCUT2D eigenvalue weighted by Gasteiger charge is 2.48. The van der Waals surface area contributed by atoms with Crippen molar-refractivity contribution in [2.75, 3.05) is 32.7 Å². The van der Waals surface area contributed by atoms with Gasteiger partial charge in [0.05, 0.1) is 4.91 Å². The quantitative estimate of drug-likeness (QED) is 0.390. The third-order valence-corrected chi connectivity index (χ3v) is 9.55. The summed E-state index contributed by atoms with van der Waals surface area (Å²) in [5.41, 5.74) is 1.91. The Labute approximate surface area is 221 Å². The molecule has 36 heavy (non-hydrogen) atoms. The van der Waals surface area contributed by atoms with Crippen LogP contribution in [0.4, 0.5) is 4.39 Å². The molecule has 1 amide bonds. The van der Waals surface area contributed by atoms with Gasteiger partial charge in [0, 0.05) is 43.9 Å². The highest BCUT2D eigenvalue weighted by atomic mass is 32.2. The third kappa shape index (κ3) is 4.93. The lowest BCUT2D eigenvalue weighted by Gasteiger charge is -2.30. The van der Waals surface area contributed by atoms with Gasteiger partial charge in [-0.2, -0.15) is 0 Å². The number of hydrogen-bond donors (Lipinski definition) is 1. The van der Waals surface area contributed by atoms with Crippen molar-refractivity contribution >= 4 is 40.3 Å². The maximum Gasteiger partial charge on any atom is 0.266 e. The molecule has 6 rings (SSSR count). The Morgan fingerprint density at radius 2 is 1.97 bits per heavy atom. The van der Waals surface area contributed by atoms with E-state index >= 15 is 0 Å². The van der Waals surface area contributed by atoms with Crippen molar-refractivity contribution in [3.8, 4) is 11.3 Å². The van der Waals surface area contributed by atoms with E-state index in [0.717, 1.165) is 69.0 Å². The maximum atomic E-state index is 13.5. The van der Waals surface area contributed by atoms with E-state index in [0.29, 0.717) is 26.7 Å². The molecular formula is C28H32FN3O2S2. The average Bonchev–Trinajstić information content (AvgIpc) is 3.66. The molecule has 2 saturated heterocycles. The number of piperazine rings is 1. The van der Waals surface area contributed by atoms with E-state index in [1.165, 1.54) is 43.2 Å². The monoisotopic (exact) mass is 525 g/mol. The van der Waals surface area contributed by atoms with E-state index in [2.05, 4.69) is 10.2 Å². The highest BCUT2D eigenvalue weighted by molar-refractivity contribution is 8.26. The Morgan fingerprint density at radius 1 is 1.17 bits per heavy atom. The Balaban J connectivity index is 1.24.